The van der Waals surface area contributed by atoms with Crippen LogP contribution in [0.1, 0.15) is 21.5 Å². The number of halogens is 4. The zero-order valence-corrected chi connectivity index (χ0v) is 13.5. The van der Waals surface area contributed by atoms with Crippen LogP contribution in [0.25, 0.3) is 0 Å². The molecule has 90 valence electrons. The standard InChI is InChI=1S/C10H8F3O2.BrH.Zn/c1-6-5-7(9(14)15-2)3-4-8(6)10(11,12)13;;/h3-5H,1H2,2H3;1H;/q-1;;+2/p-1. The van der Waals surface area contributed by atoms with Gasteiger partial charge in [-0.3, -0.25) is 0 Å². The molecule has 17 heavy (non-hydrogen) atoms. The fraction of sp³-hybridized carbons (Fsp3) is 0.200. The summed E-state index contributed by atoms with van der Waals surface area (Å²) in [6, 6.07) is 2.92. The van der Waals surface area contributed by atoms with E-state index in [1.165, 1.54) is 0 Å². The monoisotopic (exact) mass is 360 g/mol. The zero-order valence-electron chi connectivity index (χ0n) is 8.97. The van der Waals surface area contributed by atoms with Crippen molar-refractivity contribution in [2.75, 3.05) is 7.11 Å². The number of carbonyl (C=O) groups is 1. The van der Waals surface area contributed by atoms with Crippen LogP contribution in [0, 0.1) is 6.92 Å². The summed E-state index contributed by atoms with van der Waals surface area (Å²) in [5.74, 6) is -0.686. The van der Waals surface area contributed by atoms with Crippen LogP contribution in [0.3, 0.4) is 0 Å². The number of hydrogen-bond donors (Lipinski definition) is 0. The van der Waals surface area contributed by atoms with E-state index in [9.17, 15) is 18.0 Å². The molecule has 0 aliphatic rings. The molecule has 0 atom stereocenters. The maximum atomic E-state index is 12.3. The SMILES string of the molecule is [Br-].[CH2-]c1cc(C(=O)OC)ccc1C(F)(F)F.[Zn+2]. The van der Waals surface area contributed by atoms with Crippen LogP contribution in [0.15, 0.2) is 18.2 Å². The fourth-order valence-corrected chi connectivity index (χ4v) is 1.12. The summed E-state index contributed by atoms with van der Waals surface area (Å²) < 4.78 is 41.3. The molecule has 0 bridgehead atoms. The van der Waals surface area contributed by atoms with Gasteiger partial charge in [-0.1, -0.05) is 6.07 Å². The summed E-state index contributed by atoms with van der Waals surface area (Å²) in [6.45, 7) is 3.24. The molecule has 2 nitrogen and oxygen atoms in total. The number of rotatable bonds is 1. The predicted molar refractivity (Wildman–Crippen MR) is 47.2 cm³/mol. The molecule has 7 heteroatoms. The second kappa shape index (κ2) is 7.01. The van der Waals surface area contributed by atoms with Crippen molar-refractivity contribution in [3.8, 4) is 0 Å². The van der Waals surface area contributed by atoms with E-state index in [1.807, 2.05) is 0 Å². The number of alkyl halides is 3. The van der Waals surface area contributed by atoms with Gasteiger partial charge in [0.05, 0.1) is 7.11 Å². The normalized spacial score (nSPS) is 9.88. The first-order valence-corrected chi connectivity index (χ1v) is 3.98. The second-order valence-corrected chi connectivity index (χ2v) is 2.86. The Bertz CT molecular complexity index is 394. The summed E-state index contributed by atoms with van der Waals surface area (Å²) in [6.07, 6.45) is -4.45. The van der Waals surface area contributed by atoms with Gasteiger partial charge in [-0.2, -0.15) is 25.7 Å². The average Bonchev–Trinajstić information content (AvgIpc) is 2.14. The van der Waals surface area contributed by atoms with Gasteiger partial charge in [0.15, 0.2) is 0 Å². The molecule has 0 aliphatic carbocycles. The molecule has 0 spiro atoms. The summed E-state index contributed by atoms with van der Waals surface area (Å²) in [5.41, 5.74) is -1.05. The van der Waals surface area contributed by atoms with Gasteiger partial charge in [-0.25, -0.2) is 4.79 Å². The van der Waals surface area contributed by atoms with E-state index in [4.69, 9.17) is 0 Å². The van der Waals surface area contributed by atoms with Gasteiger partial charge in [-0.15, -0.1) is 12.1 Å². The molecular formula is C10H8BrF3O2Zn. The van der Waals surface area contributed by atoms with E-state index in [0.717, 1.165) is 25.3 Å². The van der Waals surface area contributed by atoms with Crippen molar-refractivity contribution >= 4 is 5.97 Å². The van der Waals surface area contributed by atoms with Gasteiger partial charge in [0.1, 0.15) is 0 Å². The van der Waals surface area contributed by atoms with E-state index < -0.39 is 17.7 Å². The molecule has 1 aromatic rings. The third-order valence-electron chi connectivity index (χ3n) is 1.83. The van der Waals surface area contributed by atoms with Crippen molar-refractivity contribution < 1.29 is 59.2 Å². The largest absolute Gasteiger partial charge is 2.00 e. The summed E-state index contributed by atoms with van der Waals surface area (Å²) in [5, 5.41) is 0. The predicted octanol–water partition coefficient (Wildman–Crippen LogP) is -0.324. The van der Waals surface area contributed by atoms with Crippen LogP contribution in [-0.2, 0) is 30.4 Å². The van der Waals surface area contributed by atoms with Crippen molar-refractivity contribution in [2.45, 2.75) is 6.18 Å². The minimum atomic E-state index is -4.45. The van der Waals surface area contributed by atoms with Gasteiger partial charge >= 0.3 is 31.6 Å². The Labute approximate surface area is 120 Å². The van der Waals surface area contributed by atoms with Gasteiger partial charge in [-0.05, 0) is 5.56 Å². The molecule has 0 amide bonds. The Kier molecular flexibility index (Phi) is 7.76. The number of carbonyl (C=O) groups excluding carboxylic acids is 1. The number of ether oxygens (including phenoxy) is 1. The van der Waals surface area contributed by atoms with E-state index in [-0.39, 0.29) is 47.6 Å². The van der Waals surface area contributed by atoms with Crippen LogP contribution < -0.4 is 17.0 Å². The molecule has 1 aromatic carbocycles. The molecule has 0 saturated heterocycles. The molecule has 0 saturated carbocycles. The third kappa shape index (κ3) is 4.68. The van der Waals surface area contributed by atoms with Crippen LogP contribution in [0.4, 0.5) is 13.2 Å². The maximum Gasteiger partial charge on any atom is 2.00 e. The Morgan fingerprint density at radius 3 is 2.24 bits per heavy atom. The van der Waals surface area contributed by atoms with Gasteiger partial charge in [0.2, 0.25) is 0 Å². The number of benzene rings is 1. The first kappa shape index (κ1) is 18.8. The summed E-state index contributed by atoms with van der Waals surface area (Å²) in [7, 11) is 1.16. The Hall–Kier alpha value is -0.547. The zero-order chi connectivity index (χ0) is 11.6. The second-order valence-electron chi connectivity index (χ2n) is 2.86. The Morgan fingerprint density at radius 2 is 1.88 bits per heavy atom. The maximum absolute atomic E-state index is 12.3. The fourth-order valence-electron chi connectivity index (χ4n) is 1.12. The minimum absolute atomic E-state index is 0. The van der Waals surface area contributed by atoms with E-state index in [0.29, 0.717) is 0 Å². The van der Waals surface area contributed by atoms with Crippen molar-refractivity contribution in [3.05, 3.63) is 41.8 Å². The summed E-state index contributed by atoms with van der Waals surface area (Å²) >= 11 is 0. The molecule has 0 aliphatic heterocycles. The Balaban J connectivity index is 0. The first-order chi connectivity index (χ1) is 6.86. The smallest absolute Gasteiger partial charge is 1.00 e. The van der Waals surface area contributed by atoms with Crippen molar-refractivity contribution in [3.63, 3.8) is 0 Å². The molecule has 0 aromatic heterocycles. The Morgan fingerprint density at radius 1 is 1.35 bits per heavy atom. The van der Waals surface area contributed by atoms with Crippen LogP contribution >= 0.6 is 0 Å². The molecule has 0 fully saturated rings. The van der Waals surface area contributed by atoms with Crippen molar-refractivity contribution in [2.24, 2.45) is 0 Å². The van der Waals surface area contributed by atoms with Crippen LogP contribution in [-0.4, -0.2) is 13.1 Å². The molecule has 1 rings (SSSR count). The average molecular weight is 362 g/mol. The van der Waals surface area contributed by atoms with Crippen LogP contribution in [0.2, 0.25) is 0 Å². The van der Waals surface area contributed by atoms with Crippen LogP contribution in [0.5, 0.6) is 0 Å². The quantitative estimate of drug-likeness (QED) is 0.389. The van der Waals surface area contributed by atoms with E-state index in [2.05, 4.69) is 11.7 Å². The molecule has 0 radical (unpaired) electrons. The van der Waals surface area contributed by atoms with E-state index >= 15 is 0 Å². The number of hydrogen-bond acceptors (Lipinski definition) is 2. The summed E-state index contributed by atoms with van der Waals surface area (Å²) in [4.78, 5) is 11.0. The minimum Gasteiger partial charge on any atom is -1.00 e. The van der Waals surface area contributed by atoms with Crippen molar-refractivity contribution in [1.29, 1.82) is 0 Å². The topological polar surface area (TPSA) is 26.3 Å². The third-order valence-corrected chi connectivity index (χ3v) is 1.83. The van der Waals surface area contributed by atoms with Crippen molar-refractivity contribution in [1.82, 2.24) is 0 Å². The number of esters is 1. The van der Waals surface area contributed by atoms with Gasteiger partial charge in [0.25, 0.3) is 0 Å². The molecule has 0 N–H and O–H groups in total. The van der Waals surface area contributed by atoms with E-state index in [1.54, 1.807) is 0 Å². The van der Waals surface area contributed by atoms with Gasteiger partial charge < -0.3 is 21.7 Å². The number of methoxy groups -OCH3 is 1. The molecule has 0 unspecified atom stereocenters. The molecular weight excluding hydrogens is 354 g/mol. The van der Waals surface area contributed by atoms with Gasteiger partial charge in [0, 0.05) is 5.56 Å². The molecule has 0 heterocycles. The first-order valence-electron chi connectivity index (χ1n) is 3.98.